The molecule has 0 aliphatic carbocycles. The number of halogens is 1. The number of esters is 1. The molecule has 1 aliphatic rings. The first-order valence-electron chi connectivity index (χ1n) is 14.0. The van der Waals surface area contributed by atoms with E-state index in [4.69, 9.17) is 35.3 Å². The predicted octanol–water partition coefficient (Wildman–Crippen LogP) is 4.45. The van der Waals surface area contributed by atoms with Gasteiger partial charge in [-0.3, -0.25) is 5.43 Å². The Morgan fingerprint density at radius 3 is 2.60 bits per heavy atom. The van der Waals surface area contributed by atoms with Gasteiger partial charge in [-0.15, -0.1) is 0 Å². The van der Waals surface area contributed by atoms with Crippen LogP contribution < -0.4 is 35.0 Å². The van der Waals surface area contributed by atoms with Gasteiger partial charge in [0, 0.05) is 21.8 Å². The molecule has 1 aliphatic heterocycles. The van der Waals surface area contributed by atoms with Crippen LogP contribution in [0.25, 0.3) is 0 Å². The number of para-hydroxylation sites is 1. The van der Waals surface area contributed by atoms with Gasteiger partial charge in [0.2, 0.25) is 0 Å². The number of hydrogen-bond donors (Lipinski definition) is 4. The van der Waals surface area contributed by atoms with E-state index in [1.807, 2.05) is 25.1 Å². The van der Waals surface area contributed by atoms with Gasteiger partial charge >= 0.3 is 12.0 Å². The summed E-state index contributed by atoms with van der Waals surface area (Å²) in [5.41, 5.74) is 5.28. The fourth-order valence-corrected chi connectivity index (χ4v) is 4.72. The highest BCUT2D eigenvalue weighted by molar-refractivity contribution is 6.31. The van der Waals surface area contributed by atoms with Crippen LogP contribution in [-0.2, 0) is 16.1 Å². The van der Waals surface area contributed by atoms with Gasteiger partial charge in [-0.05, 0) is 49.7 Å². The van der Waals surface area contributed by atoms with Crippen molar-refractivity contribution in [3.63, 3.8) is 0 Å². The summed E-state index contributed by atoms with van der Waals surface area (Å²) in [5, 5.41) is 20.6. The van der Waals surface area contributed by atoms with Crippen molar-refractivity contribution in [1.82, 2.24) is 16.1 Å². The molecule has 0 unspecified atom stereocenters. The lowest BCUT2D eigenvalue weighted by atomic mass is 9.95. The van der Waals surface area contributed by atoms with E-state index in [1.54, 1.807) is 56.5 Å². The average Bonchev–Trinajstić information content (AvgIpc) is 3.03. The maximum atomic E-state index is 12.5. The van der Waals surface area contributed by atoms with Gasteiger partial charge < -0.3 is 39.4 Å². The first kappa shape index (κ1) is 33.0. The maximum absolute atomic E-state index is 12.5. The minimum atomic E-state index is -1.19. The number of aliphatic hydroxyl groups is 1. The topological polar surface area (TPSA) is 149 Å². The highest BCUT2D eigenvalue weighted by Crippen LogP contribution is 2.35. The number of allylic oxidation sites excluding steroid dienone is 1. The largest absolute Gasteiger partial charge is 0.493 e. The van der Waals surface area contributed by atoms with Gasteiger partial charge in [0.1, 0.15) is 13.2 Å². The molecule has 2 atom stereocenters. The van der Waals surface area contributed by atoms with E-state index in [0.29, 0.717) is 51.5 Å². The number of nitrogens with zero attached hydrogens (tertiary/aromatic N) is 1. The number of rotatable bonds is 14. The van der Waals surface area contributed by atoms with Crippen LogP contribution in [0, 0.1) is 0 Å². The minimum Gasteiger partial charge on any atom is -0.493 e. The fourth-order valence-electron chi connectivity index (χ4n) is 4.53. The molecule has 2 amide bonds. The van der Waals surface area contributed by atoms with Gasteiger partial charge in [0.15, 0.2) is 29.2 Å². The molecule has 0 aromatic heterocycles. The second-order valence-electron chi connectivity index (χ2n) is 9.67. The molecule has 13 heteroatoms. The number of carbonyl (C=O) groups excluding carboxylic acids is 2. The summed E-state index contributed by atoms with van der Waals surface area (Å²) < 4.78 is 28.0. The molecule has 0 saturated heterocycles. The highest BCUT2D eigenvalue weighted by atomic mass is 35.5. The van der Waals surface area contributed by atoms with Crippen LogP contribution in [0.5, 0.6) is 23.0 Å². The summed E-state index contributed by atoms with van der Waals surface area (Å²) >= 11 is 6.27. The van der Waals surface area contributed by atoms with Crippen molar-refractivity contribution in [2.75, 3.05) is 27.4 Å². The van der Waals surface area contributed by atoms with Crippen LogP contribution >= 0.6 is 11.6 Å². The Morgan fingerprint density at radius 1 is 1.07 bits per heavy atom. The van der Waals surface area contributed by atoms with Crippen molar-refractivity contribution in [2.24, 2.45) is 5.10 Å². The van der Waals surface area contributed by atoms with Gasteiger partial charge in [-0.2, -0.15) is 5.10 Å². The molecule has 45 heavy (non-hydrogen) atoms. The standard InChI is InChI=1S/C32H35ClN4O8/c1-5-43-26-15-20(29-28(31(39)42-4)19(2)35-32(40)36-29)13-14-24(26)44-18-27(38)37-34-16-21-10-8-12-25(41-3)30(21)45-17-22-9-6-7-11-23(22)33/h6-16,27,29,37-38H,5,17-18H2,1-4H3,(H2,35,36,40)/b34-16+/t27-,29-/m0/s1. The second kappa shape index (κ2) is 15.7. The number of benzene rings is 3. The van der Waals surface area contributed by atoms with Crippen molar-refractivity contribution >= 4 is 29.8 Å². The molecule has 0 saturated carbocycles. The number of carbonyl (C=O) groups is 2. The summed E-state index contributed by atoms with van der Waals surface area (Å²) in [6.45, 7) is 3.79. The average molecular weight is 639 g/mol. The number of urea groups is 1. The molecule has 4 N–H and O–H groups in total. The van der Waals surface area contributed by atoms with E-state index in [-0.39, 0.29) is 18.8 Å². The SMILES string of the molecule is CCOc1cc([C@@H]2NC(=O)NC(C)=C2C(=O)OC)ccc1OC[C@H](O)N/N=C/c1cccc(OC)c1OCc1ccccc1Cl. The van der Waals surface area contributed by atoms with E-state index in [9.17, 15) is 14.7 Å². The molecule has 0 bridgehead atoms. The van der Waals surface area contributed by atoms with E-state index >= 15 is 0 Å². The maximum Gasteiger partial charge on any atom is 0.337 e. The summed E-state index contributed by atoms with van der Waals surface area (Å²) in [6.07, 6.45) is 0.309. The Labute approximate surface area is 265 Å². The Bertz CT molecular complexity index is 1580. The molecule has 1 heterocycles. The molecule has 238 valence electrons. The number of hydrogen-bond acceptors (Lipinski definition) is 10. The number of nitrogens with one attached hydrogen (secondary N) is 3. The Morgan fingerprint density at radius 2 is 1.87 bits per heavy atom. The summed E-state index contributed by atoms with van der Waals surface area (Å²) in [7, 11) is 2.81. The molecular weight excluding hydrogens is 604 g/mol. The normalized spacial score (nSPS) is 15.2. The number of aliphatic hydroxyl groups excluding tert-OH is 1. The number of amides is 2. The smallest absolute Gasteiger partial charge is 0.337 e. The molecule has 12 nitrogen and oxygen atoms in total. The zero-order valence-corrected chi connectivity index (χ0v) is 26.0. The molecule has 3 aromatic rings. The highest BCUT2D eigenvalue weighted by Gasteiger charge is 2.32. The molecule has 0 fully saturated rings. The molecule has 4 rings (SSSR count). The molecule has 0 spiro atoms. The van der Waals surface area contributed by atoms with Crippen LogP contribution in [-0.4, -0.2) is 57.0 Å². The quantitative estimate of drug-likeness (QED) is 0.0870. The Kier molecular flexibility index (Phi) is 11.5. The zero-order chi connectivity index (χ0) is 32.3. The first-order valence-corrected chi connectivity index (χ1v) is 14.4. The summed E-state index contributed by atoms with van der Waals surface area (Å²) in [5.74, 6) is 1.09. The van der Waals surface area contributed by atoms with Gasteiger partial charge in [-0.25, -0.2) is 9.59 Å². The van der Waals surface area contributed by atoms with E-state index in [1.165, 1.54) is 13.3 Å². The molecule has 0 radical (unpaired) electrons. The van der Waals surface area contributed by atoms with Crippen molar-refractivity contribution in [1.29, 1.82) is 0 Å². The Balaban J connectivity index is 1.42. The summed E-state index contributed by atoms with van der Waals surface area (Å²) in [6, 6.07) is 16.5. The lowest BCUT2D eigenvalue weighted by Gasteiger charge is -2.28. The van der Waals surface area contributed by atoms with Crippen molar-refractivity contribution in [3.05, 3.63) is 93.6 Å². The van der Waals surface area contributed by atoms with Crippen molar-refractivity contribution in [2.45, 2.75) is 32.7 Å². The third-order valence-electron chi connectivity index (χ3n) is 6.66. The summed E-state index contributed by atoms with van der Waals surface area (Å²) in [4.78, 5) is 24.6. The van der Waals surface area contributed by atoms with Crippen LogP contribution in [0.4, 0.5) is 4.79 Å². The third-order valence-corrected chi connectivity index (χ3v) is 7.03. The van der Waals surface area contributed by atoms with Crippen LogP contribution in [0.3, 0.4) is 0 Å². The third kappa shape index (κ3) is 8.37. The van der Waals surface area contributed by atoms with E-state index in [0.717, 1.165) is 5.56 Å². The Hall–Kier alpha value is -4.94. The van der Waals surface area contributed by atoms with Crippen LogP contribution in [0.2, 0.25) is 5.02 Å². The van der Waals surface area contributed by atoms with E-state index in [2.05, 4.69) is 21.2 Å². The molecule has 3 aromatic carbocycles. The van der Waals surface area contributed by atoms with Crippen molar-refractivity contribution < 1.29 is 38.4 Å². The second-order valence-corrected chi connectivity index (χ2v) is 10.1. The lowest BCUT2D eigenvalue weighted by molar-refractivity contribution is -0.136. The van der Waals surface area contributed by atoms with E-state index < -0.39 is 24.3 Å². The van der Waals surface area contributed by atoms with Gasteiger partial charge in [-0.1, -0.05) is 41.9 Å². The lowest BCUT2D eigenvalue weighted by Crippen LogP contribution is -2.45. The van der Waals surface area contributed by atoms with Crippen LogP contribution in [0.1, 0.15) is 36.6 Å². The molecular formula is C32H35ClN4O8. The predicted molar refractivity (Wildman–Crippen MR) is 168 cm³/mol. The van der Waals surface area contributed by atoms with Crippen LogP contribution in [0.15, 0.2) is 77.0 Å². The minimum absolute atomic E-state index is 0.179. The van der Waals surface area contributed by atoms with Gasteiger partial charge in [0.25, 0.3) is 0 Å². The van der Waals surface area contributed by atoms with Gasteiger partial charge in [0.05, 0.1) is 38.7 Å². The zero-order valence-electron chi connectivity index (χ0n) is 25.3. The monoisotopic (exact) mass is 638 g/mol. The van der Waals surface area contributed by atoms with Crippen molar-refractivity contribution in [3.8, 4) is 23.0 Å². The number of methoxy groups -OCH3 is 2. The number of hydrazone groups is 1. The first-order chi connectivity index (χ1) is 21.7. The number of ether oxygens (including phenoxy) is 5. The fraction of sp³-hybridized carbons (Fsp3) is 0.281.